The lowest BCUT2D eigenvalue weighted by molar-refractivity contribution is -0.384. The summed E-state index contributed by atoms with van der Waals surface area (Å²) in [6, 6.07) is 5.14. The van der Waals surface area contributed by atoms with Crippen LogP contribution in [-0.2, 0) is 18.3 Å². The van der Waals surface area contributed by atoms with Gasteiger partial charge in [-0.25, -0.2) is 4.98 Å². The maximum Gasteiger partial charge on any atom is 0.309 e. The number of carboxylic acids is 1. The smallest absolute Gasteiger partial charge is 0.309 e. The molecule has 2 aromatic rings. The van der Waals surface area contributed by atoms with Crippen molar-refractivity contribution in [3.8, 4) is 0 Å². The predicted octanol–water partition coefficient (Wildman–Crippen LogP) is 1.19. The molecule has 0 aliphatic rings. The predicted molar refractivity (Wildman–Crippen MR) is 71.1 cm³/mol. The van der Waals surface area contributed by atoms with E-state index < -0.39 is 16.7 Å². The van der Waals surface area contributed by atoms with E-state index in [1.54, 1.807) is 7.05 Å². The molecule has 0 bridgehead atoms. The molecule has 21 heavy (non-hydrogen) atoms. The largest absolute Gasteiger partial charge is 0.481 e. The van der Waals surface area contributed by atoms with Crippen molar-refractivity contribution in [2.75, 3.05) is 0 Å². The van der Waals surface area contributed by atoms with Crippen molar-refractivity contribution in [2.45, 2.75) is 6.42 Å². The lowest BCUT2D eigenvalue weighted by Gasteiger charge is -2.04. The number of hydrogen-bond acceptors (Lipinski definition) is 5. The van der Waals surface area contributed by atoms with Crippen LogP contribution in [0.25, 0.3) is 0 Å². The average Bonchev–Trinajstić information content (AvgIpc) is 2.79. The zero-order valence-corrected chi connectivity index (χ0v) is 11.0. The minimum absolute atomic E-state index is 0.0834. The molecule has 108 valence electrons. The Labute approximate surface area is 118 Å². The topological polar surface area (TPSA) is 115 Å². The lowest BCUT2D eigenvalue weighted by atomic mass is 10.1. The number of rotatable bonds is 5. The van der Waals surface area contributed by atoms with E-state index in [-0.39, 0.29) is 23.5 Å². The maximum atomic E-state index is 12.2. The van der Waals surface area contributed by atoms with Crippen molar-refractivity contribution in [3.63, 3.8) is 0 Å². The molecule has 0 fully saturated rings. The van der Waals surface area contributed by atoms with Crippen LogP contribution in [0.2, 0.25) is 0 Å². The van der Waals surface area contributed by atoms with E-state index in [9.17, 15) is 19.7 Å². The number of imidazole rings is 1. The van der Waals surface area contributed by atoms with Crippen LogP contribution in [0.1, 0.15) is 21.9 Å². The molecular formula is C13H11N3O5. The number of non-ortho nitro benzene ring substituents is 1. The summed E-state index contributed by atoms with van der Waals surface area (Å²) in [6.45, 7) is 0. The highest BCUT2D eigenvalue weighted by molar-refractivity contribution is 6.06. The molecule has 0 amide bonds. The number of carbonyl (C=O) groups is 2. The van der Waals surface area contributed by atoms with E-state index in [0.29, 0.717) is 5.69 Å². The van der Waals surface area contributed by atoms with Crippen LogP contribution in [0.15, 0.2) is 30.5 Å². The number of aromatic nitrogens is 2. The molecule has 0 atom stereocenters. The highest BCUT2D eigenvalue weighted by Crippen LogP contribution is 2.15. The number of benzene rings is 1. The number of nitrogens with zero attached hydrogens (tertiary/aromatic N) is 3. The first-order valence-electron chi connectivity index (χ1n) is 5.91. The molecule has 2 rings (SSSR count). The molecule has 0 radical (unpaired) electrons. The van der Waals surface area contributed by atoms with E-state index in [1.807, 2.05) is 0 Å². The minimum Gasteiger partial charge on any atom is -0.481 e. The first kappa shape index (κ1) is 14.4. The molecule has 1 aromatic carbocycles. The van der Waals surface area contributed by atoms with Crippen molar-refractivity contribution in [1.29, 1.82) is 0 Å². The summed E-state index contributed by atoms with van der Waals surface area (Å²) in [4.78, 5) is 36.9. The summed E-state index contributed by atoms with van der Waals surface area (Å²) >= 11 is 0. The molecule has 8 heteroatoms. The molecule has 0 saturated carbocycles. The zero-order chi connectivity index (χ0) is 15.6. The zero-order valence-electron chi connectivity index (χ0n) is 11.0. The van der Waals surface area contributed by atoms with Crippen LogP contribution < -0.4 is 0 Å². The Balaban J connectivity index is 2.29. The third-order valence-corrected chi connectivity index (χ3v) is 2.96. The number of nitro benzene ring substituents is 1. The van der Waals surface area contributed by atoms with Crippen molar-refractivity contribution in [1.82, 2.24) is 9.55 Å². The first-order valence-corrected chi connectivity index (χ1v) is 5.91. The summed E-state index contributed by atoms with van der Waals surface area (Å²) < 4.78 is 1.40. The summed E-state index contributed by atoms with van der Waals surface area (Å²) in [7, 11) is 1.55. The van der Waals surface area contributed by atoms with Crippen molar-refractivity contribution in [3.05, 3.63) is 57.7 Å². The SMILES string of the molecule is Cn1c(CC(=O)O)cnc1C(=O)c1ccc([N+](=O)[O-])cc1. The van der Waals surface area contributed by atoms with E-state index in [4.69, 9.17) is 5.11 Å². The van der Waals surface area contributed by atoms with E-state index >= 15 is 0 Å². The summed E-state index contributed by atoms with van der Waals surface area (Å²) in [5, 5.41) is 19.3. The Morgan fingerprint density at radius 2 is 1.95 bits per heavy atom. The third kappa shape index (κ3) is 2.94. The lowest BCUT2D eigenvalue weighted by Crippen LogP contribution is -2.12. The van der Waals surface area contributed by atoms with Crippen LogP contribution in [0, 0.1) is 10.1 Å². The molecule has 0 aliphatic heterocycles. The van der Waals surface area contributed by atoms with E-state index in [2.05, 4.69) is 4.98 Å². The molecule has 0 unspecified atom stereocenters. The summed E-state index contributed by atoms with van der Waals surface area (Å²) in [6.07, 6.45) is 1.09. The average molecular weight is 289 g/mol. The van der Waals surface area contributed by atoms with Gasteiger partial charge in [-0.1, -0.05) is 0 Å². The van der Waals surface area contributed by atoms with Gasteiger partial charge < -0.3 is 9.67 Å². The van der Waals surface area contributed by atoms with Crippen LogP contribution in [0.5, 0.6) is 0 Å². The molecule has 8 nitrogen and oxygen atoms in total. The van der Waals surface area contributed by atoms with Gasteiger partial charge in [0.05, 0.1) is 11.3 Å². The number of aliphatic carboxylic acids is 1. The van der Waals surface area contributed by atoms with Crippen molar-refractivity contribution in [2.24, 2.45) is 7.05 Å². The Bertz CT molecular complexity index is 718. The second kappa shape index (κ2) is 5.53. The van der Waals surface area contributed by atoms with Crippen LogP contribution in [0.3, 0.4) is 0 Å². The van der Waals surface area contributed by atoms with Gasteiger partial charge in [-0.2, -0.15) is 0 Å². The Hall–Kier alpha value is -3.03. The molecular weight excluding hydrogens is 278 g/mol. The van der Waals surface area contributed by atoms with E-state index in [1.165, 1.54) is 35.0 Å². The molecule has 0 saturated heterocycles. The van der Waals surface area contributed by atoms with Crippen molar-refractivity contribution >= 4 is 17.4 Å². The van der Waals surface area contributed by atoms with Gasteiger partial charge in [0.15, 0.2) is 5.82 Å². The Morgan fingerprint density at radius 3 is 2.48 bits per heavy atom. The number of carboxylic acid groups (broad SMARTS) is 1. The normalized spacial score (nSPS) is 10.3. The second-order valence-electron chi connectivity index (χ2n) is 4.34. The Morgan fingerprint density at radius 1 is 1.33 bits per heavy atom. The standard InChI is InChI=1S/C13H11N3O5/c1-15-10(6-11(17)18)7-14-13(15)12(19)8-2-4-9(5-3-8)16(20)21/h2-5,7H,6H2,1H3,(H,17,18). The van der Waals surface area contributed by atoms with Gasteiger partial charge in [-0.3, -0.25) is 19.7 Å². The van der Waals surface area contributed by atoms with E-state index in [0.717, 1.165) is 0 Å². The molecule has 1 heterocycles. The number of carbonyl (C=O) groups excluding carboxylic acids is 1. The quantitative estimate of drug-likeness (QED) is 0.502. The number of ketones is 1. The third-order valence-electron chi connectivity index (χ3n) is 2.96. The minimum atomic E-state index is -1.02. The number of hydrogen-bond donors (Lipinski definition) is 1. The van der Waals surface area contributed by atoms with Gasteiger partial charge in [0, 0.05) is 36.6 Å². The highest BCUT2D eigenvalue weighted by Gasteiger charge is 2.18. The molecule has 1 aromatic heterocycles. The molecule has 1 N–H and O–H groups in total. The van der Waals surface area contributed by atoms with Crippen molar-refractivity contribution < 1.29 is 19.6 Å². The van der Waals surface area contributed by atoms with Crippen LogP contribution in [-0.4, -0.2) is 31.3 Å². The van der Waals surface area contributed by atoms with Crippen LogP contribution >= 0.6 is 0 Å². The Kier molecular flexibility index (Phi) is 3.79. The van der Waals surface area contributed by atoms with Gasteiger partial charge in [-0.05, 0) is 12.1 Å². The monoisotopic (exact) mass is 289 g/mol. The molecule has 0 aliphatic carbocycles. The second-order valence-corrected chi connectivity index (χ2v) is 4.34. The number of nitro groups is 1. The fraction of sp³-hybridized carbons (Fsp3) is 0.154. The summed E-state index contributed by atoms with van der Waals surface area (Å²) in [5.41, 5.74) is 0.530. The fourth-order valence-electron chi connectivity index (χ4n) is 1.84. The van der Waals surface area contributed by atoms with Gasteiger partial charge in [0.2, 0.25) is 5.78 Å². The van der Waals surface area contributed by atoms with Gasteiger partial charge in [0.25, 0.3) is 5.69 Å². The fourth-order valence-corrected chi connectivity index (χ4v) is 1.84. The highest BCUT2D eigenvalue weighted by atomic mass is 16.6. The maximum absolute atomic E-state index is 12.2. The first-order chi connectivity index (χ1) is 9.90. The van der Waals surface area contributed by atoms with Crippen LogP contribution in [0.4, 0.5) is 5.69 Å². The van der Waals surface area contributed by atoms with Gasteiger partial charge in [-0.15, -0.1) is 0 Å². The van der Waals surface area contributed by atoms with Gasteiger partial charge in [0.1, 0.15) is 0 Å². The van der Waals surface area contributed by atoms with Gasteiger partial charge >= 0.3 is 5.97 Å². The molecule has 0 spiro atoms. The summed E-state index contributed by atoms with van der Waals surface area (Å²) in [5.74, 6) is -1.36.